The normalized spacial score (nSPS) is 11.5. The minimum atomic E-state index is -4.00. The number of amides is 1. The lowest BCUT2D eigenvalue weighted by Crippen LogP contribution is -2.34. The summed E-state index contributed by atoms with van der Waals surface area (Å²) in [6.07, 6.45) is 0.753. The Kier molecular flexibility index (Phi) is 10.0. The molecule has 3 aromatic rings. The number of carbonyl (C=O) groups excluding carboxylic acids is 1. The summed E-state index contributed by atoms with van der Waals surface area (Å²) in [5, 5.41) is 3.09. The Morgan fingerprint density at radius 1 is 0.872 bits per heavy atom. The van der Waals surface area contributed by atoms with E-state index < -0.39 is 10.0 Å². The average Bonchev–Trinajstić information content (AvgIpc) is 2.92. The smallest absolute Gasteiger partial charge is 0.264 e. The molecule has 39 heavy (non-hydrogen) atoms. The molecule has 0 spiro atoms. The van der Waals surface area contributed by atoms with Crippen molar-refractivity contribution in [1.82, 2.24) is 0 Å². The zero-order valence-electron chi connectivity index (χ0n) is 23.9. The van der Waals surface area contributed by atoms with Crippen LogP contribution in [0.15, 0.2) is 65.6 Å². The Morgan fingerprint density at radius 3 is 1.87 bits per heavy atom. The van der Waals surface area contributed by atoms with Crippen molar-refractivity contribution in [2.45, 2.75) is 64.2 Å². The quantitative estimate of drug-likeness (QED) is 0.269. The molecule has 1 N–H and O–H groups in total. The molecule has 0 unspecified atom stereocenters. The largest absolute Gasteiger partial charge is 0.497 e. The molecule has 210 valence electrons. The van der Waals surface area contributed by atoms with Crippen LogP contribution in [0, 0.1) is 0 Å². The zero-order chi connectivity index (χ0) is 28.7. The van der Waals surface area contributed by atoms with Gasteiger partial charge in [-0.1, -0.05) is 65.0 Å². The lowest BCUT2D eigenvalue weighted by molar-refractivity contribution is -0.116. The van der Waals surface area contributed by atoms with Gasteiger partial charge in [-0.3, -0.25) is 9.10 Å². The monoisotopic (exact) mass is 552 g/mol. The van der Waals surface area contributed by atoms with Gasteiger partial charge in [0.15, 0.2) is 0 Å². The van der Waals surface area contributed by atoms with Gasteiger partial charge in [-0.25, -0.2) is 8.42 Å². The fraction of sp³-hybridized carbons (Fsp3) is 0.387. The molecule has 0 fully saturated rings. The summed E-state index contributed by atoms with van der Waals surface area (Å²) in [5.41, 5.74) is 4.29. The van der Waals surface area contributed by atoms with E-state index in [-0.39, 0.29) is 35.6 Å². The Balaban J connectivity index is 1.98. The van der Waals surface area contributed by atoms with E-state index in [0.717, 1.165) is 28.8 Å². The van der Waals surface area contributed by atoms with Crippen LogP contribution in [0.1, 0.15) is 69.6 Å². The van der Waals surface area contributed by atoms with E-state index in [4.69, 9.17) is 9.47 Å². The van der Waals surface area contributed by atoms with Crippen molar-refractivity contribution in [1.29, 1.82) is 0 Å². The first-order chi connectivity index (χ1) is 18.5. The number of hydrogen-bond donors (Lipinski definition) is 1. The molecule has 0 saturated carbocycles. The van der Waals surface area contributed by atoms with Gasteiger partial charge < -0.3 is 14.8 Å². The van der Waals surface area contributed by atoms with Crippen LogP contribution in [0.3, 0.4) is 0 Å². The third-order valence-electron chi connectivity index (χ3n) is 6.72. The summed E-state index contributed by atoms with van der Waals surface area (Å²) in [6.45, 7) is 10.3. The second-order valence-corrected chi connectivity index (χ2v) is 11.9. The number of rotatable bonds is 12. The summed E-state index contributed by atoms with van der Waals surface area (Å²) in [6, 6.07) is 17.8. The molecule has 0 bridgehead atoms. The number of carbonyl (C=O) groups is 1. The van der Waals surface area contributed by atoms with Gasteiger partial charge in [-0.15, -0.1) is 0 Å². The molecule has 3 aromatic carbocycles. The Bertz CT molecular complexity index is 1330. The summed E-state index contributed by atoms with van der Waals surface area (Å²) < 4.78 is 39.8. The van der Waals surface area contributed by atoms with E-state index >= 15 is 0 Å². The van der Waals surface area contributed by atoms with Crippen LogP contribution < -0.4 is 19.1 Å². The van der Waals surface area contributed by atoms with Crippen LogP contribution in [0.25, 0.3) is 0 Å². The first-order valence-corrected chi connectivity index (χ1v) is 14.7. The molecule has 0 heterocycles. The predicted octanol–water partition coefficient (Wildman–Crippen LogP) is 6.74. The van der Waals surface area contributed by atoms with Gasteiger partial charge in [0.1, 0.15) is 11.5 Å². The summed E-state index contributed by atoms with van der Waals surface area (Å²) in [4.78, 5) is 13.5. The molecule has 7 nitrogen and oxygen atoms in total. The van der Waals surface area contributed by atoms with E-state index in [9.17, 15) is 13.2 Å². The number of methoxy groups -OCH3 is 2. The highest BCUT2D eigenvalue weighted by molar-refractivity contribution is 7.92. The number of para-hydroxylation sites is 1. The van der Waals surface area contributed by atoms with Gasteiger partial charge in [0, 0.05) is 36.9 Å². The van der Waals surface area contributed by atoms with Gasteiger partial charge in [-0.2, -0.15) is 0 Å². The van der Waals surface area contributed by atoms with Gasteiger partial charge in [-0.05, 0) is 47.1 Å². The second kappa shape index (κ2) is 13.0. The highest BCUT2D eigenvalue weighted by atomic mass is 32.2. The minimum absolute atomic E-state index is 0.0459. The number of ether oxygens (including phenoxy) is 2. The van der Waals surface area contributed by atoms with Gasteiger partial charge in [0.05, 0.1) is 24.8 Å². The molecule has 0 aliphatic rings. The summed E-state index contributed by atoms with van der Waals surface area (Å²) in [5.74, 6) is 1.06. The standard InChI is InChI=1S/C31H40N2O5S/c1-8-23-12-14-27(15-13-23)39(35,36)33(24-18-25(37-6)20-26(19-24)38-7)17-16-30(34)32-31-28(21(2)3)10-9-11-29(31)22(4)5/h9-15,18-22H,8,16-17H2,1-7H3,(H,32,34). The highest BCUT2D eigenvalue weighted by Gasteiger charge is 2.27. The third kappa shape index (κ3) is 7.12. The number of hydrogen-bond acceptors (Lipinski definition) is 5. The number of nitrogens with zero attached hydrogens (tertiary/aromatic N) is 1. The summed E-state index contributed by atoms with van der Waals surface area (Å²) >= 11 is 0. The highest BCUT2D eigenvalue weighted by Crippen LogP contribution is 2.34. The number of sulfonamides is 1. The Hall–Kier alpha value is -3.52. The molecule has 0 aromatic heterocycles. The van der Waals surface area contributed by atoms with Crippen molar-refractivity contribution in [2.75, 3.05) is 30.4 Å². The maximum Gasteiger partial charge on any atom is 0.264 e. The van der Waals surface area contributed by atoms with Crippen LogP contribution in [-0.2, 0) is 21.2 Å². The molecular formula is C31H40N2O5S. The number of benzene rings is 3. The maximum absolute atomic E-state index is 13.9. The Labute approximate surface area is 233 Å². The molecule has 1 amide bonds. The van der Waals surface area contributed by atoms with E-state index in [0.29, 0.717) is 17.2 Å². The Morgan fingerprint density at radius 2 is 1.41 bits per heavy atom. The van der Waals surface area contributed by atoms with E-state index in [2.05, 4.69) is 33.0 Å². The number of nitrogens with one attached hydrogen (secondary N) is 1. The zero-order valence-corrected chi connectivity index (χ0v) is 24.8. The fourth-order valence-corrected chi connectivity index (χ4v) is 5.90. The molecule has 3 rings (SSSR count). The topological polar surface area (TPSA) is 84.9 Å². The molecular weight excluding hydrogens is 512 g/mol. The number of anilines is 2. The van der Waals surface area contributed by atoms with Crippen molar-refractivity contribution in [3.8, 4) is 11.5 Å². The van der Waals surface area contributed by atoms with E-state index in [1.165, 1.54) is 18.5 Å². The SMILES string of the molecule is CCc1ccc(S(=O)(=O)N(CCC(=O)Nc2c(C(C)C)cccc2C(C)C)c2cc(OC)cc(OC)c2)cc1. The lowest BCUT2D eigenvalue weighted by atomic mass is 9.92. The van der Waals surface area contributed by atoms with Crippen LogP contribution in [0.5, 0.6) is 11.5 Å². The third-order valence-corrected chi connectivity index (χ3v) is 8.56. The molecule has 0 radical (unpaired) electrons. The average molecular weight is 553 g/mol. The lowest BCUT2D eigenvalue weighted by Gasteiger charge is -2.26. The van der Waals surface area contributed by atoms with Crippen molar-refractivity contribution in [3.63, 3.8) is 0 Å². The van der Waals surface area contributed by atoms with E-state index in [1.807, 2.05) is 25.1 Å². The molecule has 0 atom stereocenters. The van der Waals surface area contributed by atoms with Crippen LogP contribution >= 0.6 is 0 Å². The molecule has 8 heteroatoms. The first-order valence-electron chi connectivity index (χ1n) is 13.3. The van der Waals surface area contributed by atoms with Gasteiger partial charge in [0.25, 0.3) is 10.0 Å². The van der Waals surface area contributed by atoms with Crippen molar-refractivity contribution < 1.29 is 22.7 Å². The first kappa shape index (κ1) is 30.0. The predicted molar refractivity (Wildman–Crippen MR) is 158 cm³/mol. The molecule has 0 aliphatic carbocycles. The van der Waals surface area contributed by atoms with Crippen LogP contribution in [0.2, 0.25) is 0 Å². The number of aryl methyl sites for hydroxylation is 1. The van der Waals surface area contributed by atoms with Gasteiger partial charge in [0.2, 0.25) is 5.91 Å². The van der Waals surface area contributed by atoms with Crippen molar-refractivity contribution >= 4 is 27.3 Å². The fourth-order valence-electron chi connectivity index (χ4n) is 4.45. The maximum atomic E-state index is 13.9. The molecule has 0 aliphatic heterocycles. The van der Waals surface area contributed by atoms with E-state index in [1.54, 1.807) is 42.5 Å². The van der Waals surface area contributed by atoms with Crippen LogP contribution in [-0.4, -0.2) is 35.1 Å². The van der Waals surface area contributed by atoms with Crippen molar-refractivity contribution in [2.24, 2.45) is 0 Å². The summed E-state index contributed by atoms with van der Waals surface area (Å²) in [7, 11) is -0.985. The van der Waals surface area contributed by atoms with Gasteiger partial charge >= 0.3 is 0 Å². The minimum Gasteiger partial charge on any atom is -0.497 e. The second-order valence-electron chi connectivity index (χ2n) is 10.1. The van der Waals surface area contributed by atoms with Crippen LogP contribution in [0.4, 0.5) is 11.4 Å². The molecule has 0 saturated heterocycles. The van der Waals surface area contributed by atoms with Crippen molar-refractivity contribution in [3.05, 3.63) is 77.4 Å².